The van der Waals surface area contributed by atoms with Gasteiger partial charge in [0.2, 0.25) is 12.7 Å². The molecule has 0 saturated carbocycles. The topological polar surface area (TPSA) is 77.1 Å². The summed E-state index contributed by atoms with van der Waals surface area (Å²) >= 11 is 0. The van der Waals surface area contributed by atoms with Crippen molar-refractivity contribution in [1.82, 2.24) is 4.90 Å². The summed E-state index contributed by atoms with van der Waals surface area (Å²) in [6.07, 6.45) is 0.194. The van der Waals surface area contributed by atoms with E-state index in [0.717, 1.165) is 0 Å². The van der Waals surface area contributed by atoms with Gasteiger partial charge >= 0.3 is 0 Å². The molecule has 1 amide bonds. The quantitative estimate of drug-likeness (QED) is 0.844. The lowest BCUT2D eigenvalue weighted by Crippen LogP contribution is -2.48. The van der Waals surface area contributed by atoms with E-state index in [9.17, 15) is 9.59 Å². The monoisotopic (exact) mass is 334 g/mol. The molecule has 1 aromatic carbocycles. The molecule has 0 aromatic heterocycles. The number of nitrogens with zero attached hydrogens (tertiary/aromatic N) is 1. The SMILES string of the molecule is CC(=O)c1cc2c(cc1NC(=O)CN1CC(C)OC(C)C1)OCO2. The Morgan fingerprint density at radius 1 is 1.17 bits per heavy atom. The Hall–Kier alpha value is -2.12. The number of carbonyl (C=O) groups is 2. The molecule has 0 bridgehead atoms. The minimum absolute atomic E-state index is 0.0971. The van der Waals surface area contributed by atoms with Crippen molar-refractivity contribution in [3.8, 4) is 11.5 Å². The highest BCUT2D eigenvalue weighted by Crippen LogP contribution is 2.37. The second-order valence-electron chi connectivity index (χ2n) is 6.31. The van der Waals surface area contributed by atoms with Gasteiger partial charge in [0.1, 0.15) is 0 Å². The summed E-state index contributed by atoms with van der Waals surface area (Å²) < 4.78 is 16.3. The van der Waals surface area contributed by atoms with Crippen molar-refractivity contribution in [3.63, 3.8) is 0 Å². The smallest absolute Gasteiger partial charge is 0.238 e. The van der Waals surface area contributed by atoms with Crippen LogP contribution < -0.4 is 14.8 Å². The predicted molar refractivity (Wildman–Crippen MR) is 87.6 cm³/mol. The maximum Gasteiger partial charge on any atom is 0.238 e. The molecule has 1 fully saturated rings. The van der Waals surface area contributed by atoms with Crippen molar-refractivity contribution in [2.75, 3.05) is 31.7 Å². The van der Waals surface area contributed by atoms with Crippen LogP contribution in [-0.4, -0.2) is 55.2 Å². The van der Waals surface area contributed by atoms with Gasteiger partial charge in [-0.05, 0) is 26.8 Å². The molecule has 0 radical (unpaired) electrons. The Bertz CT molecular complexity index is 651. The number of hydrogen-bond acceptors (Lipinski definition) is 6. The van der Waals surface area contributed by atoms with E-state index in [-0.39, 0.29) is 37.2 Å². The first kappa shape index (κ1) is 16.7. The van der Waals surface area contributed by atoms with Crippen molar-refractivity contribution in [2.45, 2.75) is 33.0 Å². The van der Waals surface area contributed by atoms with Crippen molar-refractivity contribution in [1.29, 1.82) is 0 Å². The first-order valence-electron chi connectivity index (χ1n) is 8.04. The molecule has 7 heteroatoms. The summed E-state index contributed by atoms with van der Waals surface area (Å²) in [6.45, 7) is 7.23. The number of Topliss-reactive ketones (excluding diaryl/α,β-unsaturated/α-hetero) is 1. The lowest BCUT2D eigenvalue weighted by Gasteiger charge is -2.34. The molecule has 1 N–H and O–H groups in total. The molecule has 2 atom stereocenters. The molecule has 130 valence electrons. The van der Waals surface area contributed by atoms with E-state index in [0.29, 0.717) is 35.8 Å². The molecular formula is C17H22N2O5. The average molecular weight is 334 g/mol. The number of rotatable bonds is 4. The van der Waals surface area contributed by atoms with Gasteiger partial charge in [0, 0.05) is 24.7 Å². The lowest BCUT2D eigenvalue weighted by molar-refractivity contribution is -0.121. The number of hydrogen-bond donors (Lipinski definition) is 1. The molecule has 0 spiro atoms. The highest BCUT2D eigenvalue weighted by Gasteiger charge is 2.25. The van der Waals surface area contributed by atoms with Gasteiger partial charge in [-0.15, -0.1) is 0 Å². The molecule has 2 unspecified atom stereocenters. The van der Waals surface area contributed by atoms with Crippen molar-refractivity contribution >= 4 is 17.4 Å². The van der Waals surface area contributed by atoms with Gasteiger partial charge in [-0.2, -0.15) is 0 Å². The Balaban J connectivity index is 1.71. The number of ether oxygens (including phenoxy) is 3. The Kier molecular flexibility index (Phi) is 4.73. The van der Waals surface area contributed by atoms with Crippen LogP contribution in [0, 0.1) is 0 Å². The fourth-order valence-electron chi connectivity index (χ4n) is 3.14. The highest BCUT2D eigenvalue weighted by molar-refractivity contribution is 6.05. The number of amides is 1. The minimum atomic E-state index is -0.169. The summed E-state index contributed by atoms with van der Waals surface area (Å²) in [6, 6.07) is 3.25. The van der Waals surface area contributed by atoms with Crippen molar-refractivity contribution in [3.05, 3.63) is 17.7 Å². The number of anilines is 1. The van der Waals surface area contributed by atoms with Crippen LogP contribution in [0.15, 0.2) is 12.1 Å². The Morgan fingerprint density at radius 3 is 2.42 bits per heavy atom. The molecule has 2 aliphatic heterocycles. The summed E-state index contributed by atoms with van der Waals surface area (Å²) in [7, 11) is 0. The third-order valence-electron chi connectivity index (χ3n) is 4.03. The number of fused-ring (bicyclic) bond motifs is 1. The molecule has 2 aliphatic rings. The number of carbonyl (C=O) groups excluding carboxylic acids is 2. The maximum absolute atomic E-state index is 12.4. The van der Waals surface area contributed by atoms with Crippen molar-refractivity contribution < 1.29 is 23.8 Å². The first-order valence-corrected chi connectivity index (χ1v) is 8.04. The van der Waals surface area contributed by atoms with E-state index in [4.69, 9.17) is 14.2 Å². The van der Waals surface area contributed by atoms with Crippen LogP contribution in [0.25, 0.3) is 0 Å². The fourth-order valence-corrected chi connectivity index (χ4v) is 3.14. The van der Waals surface area contributed by atoms with Crippen LogP contribution in [-0.2, 0) is 9.53 Å². The predicted octanol–water partition coefficient (Wildman–Crippen LogP) is 1.67. The van der Waals surface area contributed by atoms with Crippen LogP contribution in [0.1, 0.15) is 31.1 Å². The second-order valence-corrected chi connectivity index (χ2v) is 6.31. The second kappa shape index (κ2) is 6.78. The van der Waals surface area contributed by atoms with Gasteiger partial charge < -0.3 is 19.5 Å². The Labute approximate surface area is 140 Å². The third-order valence-corrected chi connectivity index (χ3v) is 4.03. The first-order chi connectivity index (χ1) is 11.4. The zero-order valence-electron chi connectivity index (χ0n) is 14.1. The molecule has 0 aliphatic carbocycles. The van der Waals surface area contributed by atoms with Gasteiger partial charge in [-0.1, -0.05) is 0 Å². The van der Waals surface area contributed by atoms with Crippen molar-refractivity contribution in [2.24, 2.45) is 0 Å². The summed E-state index contributed by atoms with van der Waals surface area (Å²) in [4.78, 5) is 26.3. The van der Waals surface area contributed by atoms with E-state index in [1.807, 2.05) is 13.8 Å². The van der Waals surface area contributed by atoms with Gasteiger partial charge in [0.05, 0.1) is 24.4 Å². The van der Waals surface area contributed by atoms with E-state index in [1.165, 1.54) is 6.92 Å². The number of nitrogens with one attached hydrogen (secondary N) is 1. The minimum Gasteiger partial charge on any atom is -0.454 e. The number of benzene rings is 1. The third kappa shape index (κ3) is 3.68. The summed E-state index contributed by atoms with van der Waals surface area (Å²) in [5, 5.41) is 2.82. The zero-order chi connectivity index (χ0) is 17.3. The van der Waals surface area contributed by atoms with Gasteiger partial charge in [0.25, 0.3) is 0 Å². The highest BCUT2D eigenvalue weighted by atomic mass is 16.7. The largest absolute Gasteiger partial charge is 0.454 e. The van der Waals surface area contributed by atoms with Crippen LogP contribution in [0.4, 0.5) is 5.69 Å². The molecule has 7 nitrogen and oxygen atoms in total. The maximum atomic E-state index is 12.4. The molecular weight excluding hydrogens is 312 g/mol. The van der Waals surface area contributed by atoms with Crippen LogP contribution in [0.5, 0.6) is 11.5 Å². The van der Waals surface area contributed by atoms with E-state index < -0.39 is 0 Å². The van der Waals surface area contributed by atoms with Gasteiger partial charge in [0.15, 0.2) is 17.3 Å². The van der Waals surface area contributed by atoms with Crippen LogP contribution in [0.2, 0.25) is 0 Å². The fraction of sp³-hybridized carbons (Fsp3) is 0.529. The van der Waals surface area contributed by atoms with Gasteiger partial charge in [-0.25, -0.2) is 0 Å². The molecule has 1 saturated heterocycles. The van der Waals surface area contributed by atoms with E-state index >= 15 is 0 Å². The summed E-state index contributed by atoms with van der Waals surface area (Å²) in [5.74, 6) is 0.743. The molecule has 24 heavy (non-hydrogen) atoms. The molecule has 1 aromatic rings. The van der Waals surface area contributed by atoms with Crippen LogP contribution in [0.3, 0.4) is 0 Å². The summed E-state index contributed by atoms with van der Waals surface area (Å²) in [5.41, 5.74) is 0.863. The number of morpholine rings is 1. The number of ketones is 1. The molecule has 3 rings (SSSR count). The Morgan fingerprint density at radius 2 is 1.79 bits per heavy atom. The normalized spacial score (nSPS) is 23.1. The van der Waals surface area contributed by atoms with E-state index in [1.54, 1.807) is 12.1 Å². The van der Waals surface area contributed by atoms with Gasteiger partial charge in [-0.3, -0.25) is 14.5 Å². The standard InChI is InChI=1S/C17H22N2O5/c1-10-6-19(7-11(2)24-10)8-17(21)18-14-5-16-15(22-9-23-16)4-13(14)12(3)20/h4-5,10-11H,6-9H2,1-3H3,(H,18,21). The zero-order valence-corrected chi connectivity index (χ0v) is 14.1. The molecule has 2 heterocycles. The lowest BCUT2D eigenvalue weighted by atomic mass is 10.1. The average Bonchev–Trinajstić information content (AvgIpc) is 2.92. The van der Waals surface area contributed by atoms with Crippen LogP contribution >= 0.6 is 0 Å². The van der Waals surface area contributed by atoms with E-state index in [2.05, 4.69) is 10.2 Å².